The van der Waals surface area contributed by atoms with Crippen LogP contribution in [0, 0.1) is 6.92 Å². The number of alkyl halides is 3. The Kier molecular flexibility index (Phi) is 5.72. The number of carbonyl (C=O) groups is 3. The number of aryl methyl sites for hydroxylation is 2. The highest BCUT2D eigenvalue weighted by atomic mass is 32.1. The third kappa shape index (κ3) is 4.21. The van der Waals surface area contributed by atoms with Crippen LogP contribution in [0.15, 0.2) is 12.1 Å². The number of thiophene rings is 1. The fraction of sp³-hybridized carbons (Fsp3) is 0.278. The predicted molar refractivity (Wildman–Crippen MR) is 105 cm³/mol. The van der Waals surface area contributed by atoms with Gasteiger partial charge in [-0.25, -0.2) is 9.78 Å². The fourth-order valence-corrected chi connectivity index (χ4v) is 3.93. The predicted octanol–water partition coefficient (Wildman–Crippen LogP) is 2.88. The van der Waals surface area contributed by atoms with E-state index in [2.05, 4.69) is 15.4 Å². The van der Waals surface area contributed by atoms with E-state index in [4.69, 9.17) is 10.5 Å². The lowest BCUT2D eigenvalue weighted by Crippen LogP contribution is -2.17. The molecule has 3 aromatic rings. The number of nitrogens with zero attached hydrogens (tertiary/aromatic N) is 3. The molecule has 0 radical (unpaired) electrons. The Morgan fingerprint density at radius 3 is 2.55 bits per heavy atom. The number of pyridine rings is 1. The van der Waals surface area contributed by atoms with E-state index < -0.39 is 29.7 Å². The number of nitrogens with two attached hydrogens (primary N) is 1. The van der Waals surface area contributed by atoms with Crippen molar-refractivity contribution in [1.82, 2.24) is 14.8 Å². The SMILES string of the molecule is CCOC(=O)c1cc(C(=O)Nc2c(C(N)=O)sc3nc(C(F)(F)F)cc(C)c23)nn1C. The Balaban J connectivity index is 2.06. The van der Waals surface area contributed by atoms with Gasteiger partial charge in [0.2, 0.25) is 0 Å². The molecule has 0 saturated heterocycles. The molecular formula is C18H16F3N5O4S. The normalized spacial score (nSPS) is 11.5. The number of carbonyl (C=O) groups excluding carboxylic acids is 3. The zero-order chi connectivity index (χ0) is 23.1. The number of primary amides is 1. The van der Waals surface area contributed by atoms with E-state index in [-0.39, 0.29) is 44.3 Å². The fourth-order valence-electron chi connectivity index (χ4n) is 2.87. The summed E-state index contributed by atoms with van der Waals surface area (Å²) in [5.41, 5.74) is 4.15. The van der Waals surface area contributed by atoms with Gasteiger partial charge >= 0.3 is 12.1 Å². The number of esters is 1. The molecule has 2 amide bonds. The molecule has 0 unspecified atom stereocenters. The van der Waals surface area contributed by atoms with Gasteiger partial charge in [0.1, 0.15) is 21.1 Å². The van der Waals surface area contributed by atoms with Crippen LogP contribution in [0.5, 0.6) is 0 Å². The van der Waals surface area contributed by atoms with E-state index in [0.29, 0.717) is 11.3 Å². The number of aromatic nitrogens is 3. The Morgan fingerprint density at radius 2 is 1.97 bits per heavy atom. The summed E-state index contributed by atoms with van der Waals surface area (Å²) in [7, 11) is 1.44. The van der Waals surface area contributed by atoms with E-state index in [1.165, 1.54) is 20.0 Å². The maximum Gasteiger partial charge on any atom is 0.433 e. The van der Waals surface area contributed by atoms with Crippen molar-refractivity contribution in [3.63, 3.8) is 0 Å². The molecule has 0 aliphatic carbocycles. The molecule has 13 heteroatoms. The molecule has 3 N–H and O–H groups in total. The van der Waals surface area contributed by atoms with Crippen molar-refractivity contribution in [2.75, 3.05) is 11.9 Å². The van der Waals surface area contributed by atoms with Crippen molar-refractivity contribution in [2.45, 2.75) is 20.0 Å². The number of nitrogens with one attached hydrogen (secondary N) is 1. The molecule has 3 rings (SSSR count). The minimum atomic E-state index is -4.68. The first-order chi connectivity index (χ1) is 14.4. The van der Waals surface area contributed by atoms with Gasteiger partial charge < -0.3 is 15.8 Å². The molecule has 0 aliphatic rings. The maximum atomic E-state index is 13.1. The third-order valence-corrected chi connectivity index (χ3v) is 5.31. The van der Waals surface area contributed by atoms with Crippen molar-refractivity contribution in [2.24, 2.45) is 12.8 Å². The molecule has 164 valence electrons. The monoisotopic (exact) mass is 455 g/mol. The smallest absolute Gasteiger partial charge is 0.433 e. The molecule has 0 bridgehead atoms. The molecule has 9 nitrogen and oxygen atoms in total. The van der Waals surface area contributed by atoms with Gasteiger partial charge in [-0.1, -0.05) is 0 Å². The standard InChI is InChI=1S/C18H16F3N5O4S/c1-4-30-17(29)9-6-8(25-26(9)3)15(28)24-12-11-7(2)5-10(18(19,20)21)23-16(11)31-13(12)14(22)27/h5-6H,4H2,1-3H3,(H2,22,27)(H,24,28). The van der Waals surface area contributed by atoms with Crippen LogP contribution in [0.4, 0.5) is 18.9 Å². The van der Waals surface area contributed by atoms with Crippen molar-refractivity contribution in [3.8, 4) is 0 Å². The van der Waals surface area contributed by atoms with E-state index in [9.17, 15) is 27.6 Å². The number of amides is 2. The molecule has 0 saturated carbocycles. The molecule has 3 heterocycles. The van der Waals surface area contributed by atoms with Crippen molar-refractivity contribution >= 4 is 45.0 Å². The summed E-state index contributed by atoms with van der Waals surface area (Å²) in [6.45, 7) is 3.14. The third-order valence-electron chi connectivity index (χ3n) is 4.21. The number of hydrogen-bond acceptors (Lipinski definition) is 7. The Bertz CT molecular complexity index is 1220. The van der Waals surface area contributed by atoms with Gasteiger partial charge in [-0.05, 0) is 25.5 Å². The summed E-state index contributed by atoms with van der Waals surface area (Å²) in [6.07, 6.45) is -4.68. The molecule has 0 aromatic carbocycles. The van der Waals surface area contributed by atoms with Crippen LogP contribution in [0.2, 0.25) is 0 Å². The lowest BCUT2D eigenvalue weighted by atomic mass is 10.1. The highest BCUT2D eigenvalue weighted by Crippen LogP contribution is 2.39. The first-order valence-corrected chi connectivity index (χ1v) is 9.59. The molecule has 0 fully saturated rings. The first kappa shape index (κ1) is 22.2. The molecule has 0 atom stereocenters. The van der Waals surface area contributed by atoms with E-state index >= 15 is 0 Å². The number of hydrogen-bond donors (Lipinski definition) is 2. The second-order valence-electron chi connectivity index (χ2n) is 6.39. The summed E-state index contributed by atoms with van der Waals surface area (Å²) in [5, 5.41) is 6.56. The van der Waals surface area contributed by atoms with Crippen LogP contribution in [-0.2, 0) is 18.0 Å². The lowest BCUT2D eigenvalue weighted by Gasteiger charge is -2.09. The van der Waals surface area contributed by atoms with Gasteiger partial charge in [0.15, 0.2) is 5.69 Å². The quantitative estimate of drug-likeness (QED) is 0.569. The second-order valence-corrected chi connectivity index (χ2v) is 7.38. The van der Waals surface area contributed by atoms with Crippen LogP contribution >= 0.6 is 11.3 Å². The molecule has 3 aromatic heterocycles. The largest absolute Gasteiger partial charge is 0.461 e. The number of fused-ring (bicyclic) bond motifs is 1. The van der Waals surface area contributed by atoms with Gasteiger partial charge in [-0.3, -0.25) is 14.3 Å². The molecule has 0 spiro atoms. The van der Waals surface area contributed by atoms with Gasteiger partial charge in [0.25, 0.3) is 11.8 Å². The number of ether oxygens (including phenoxy) is 1. The molecular weight excluding hydrogens is 439 g/mol. The minimum absolute atomic E-state index is 0.0185. The van der Waals surface area contributed by atoms with Crippen LogP contribution in [0.1, 0.15) is 48.8 Å². The number of rotatable bonds is 5. The average Bonchev–Trinajstić information content (AvgIpc) is 3.22. The van der Waals surface area contributed by atoms with Gasteiger partial charge in [-0.15, -0.1) is 11.3 Å². The maximum absolute atomic E-state index is 13.1. The zero-order valence-corrected chi connectivity index (χ0v) is 17.3. The second kappa shape index (κ2) is 7.98. The Hall–Kier alpha value is -3.48. The first-order valence-electron chi connectivity index (χ1n) is 8.77. The van der Waals surface area contributed by atoms with Gasteiger partial charge in [-0.2, -0.15) is 18.3 Å². The van der Waals surface area contributed by atoms with Crippen molar-refractivity contribution in [1.29, 1.82) is 0 Å². The van der Waals surface area contributed by atoms with Crippen LogP contribution in [-0.4, -0.2) is 39.2 Å². The van der Waals surface area contributed by atoms with Crippen molar-refractivity contribution < 1.29 is 32.3 Å². The Morgan fingerprint density at radius 1 is 1.29 bits per heavy atom. The summed E-state index contributed by atoms with van der Waals surface area (Å²) >= 11 is 0.633. The van der Waals surface area contributed by atoms with Crippen LogP contribution < -0.4 is 11.1 Å². The molecule has 0 aliphatic heterocycles. The summed E-state index contributed by atoms with van der Waals surface area (Å²) in [6, 6.07) is 2.01. The van der Waals surface area contributed by atoms with Gasteiger partial charge in [0, 0.05) is 18.5 Å². The minimum Gasteiger partial charge on any atom is -0.461 e. The lowest BCUT2D eigenvalue weighted by molar-refractivity contribution is -0.141. The van der Waals surface area contributed by atoms with E-state index in [0.717, 1.165) is 10.7 Å². The average molecular weight is 455 g/mol. The van der Waals surface area contributed by atoms with Gasteiger partial charge in [0.05, 0.1) is 12.3 Å². The highest BCUT2D eigenvalue weighted by Gasteiger charge is 2.34. The summed E-state index contributed by atoms with van der Waals surface area (Å²) < 4.78 is 45.3. The van der Waals surface area contributed by atoms with E-state index in [1.54, 1.807) is 6.92 Å². The number of anilines is 1. The van der Waals surface area contributed by atoms with Crippen LogP contribution in [0.3, 0.4) is 0 Å². The topological polar surface area (TPSA) is 129 Å². The summed E-state index contributed by atoms with van der Waals surface area (Å²) in [4.78, 5) is 39.8. The number of halogens is 3. The highest BCUT2D eigenvalue weighted by molar-refractivity contribution is 7.21. The zero-order valence-electron chi connectivity index (χ0n) is 16.5. The molecule has 31 heavy (non-hydrogen) atoms. The summed E-state index contributed by atoms with van der Waals surface area (Å²) in [5.74, 6) is -2.43. The van der Waals surface area contributed by atoms with Crippen molar-refractivity contribution in [3.05, 3.63) is 39.7 Å². The Labute approximate surface area is 177 Å². The van der Waals surface area contributed by atoms with E-state index in [1.807, 2.05) is 0 Å². The van der Waals surface area contributed by atoms with Crippen LogP contribution in [0.25, 0.3) is 10.2 Å².